The summed E-state index contributed by atoms with van der Waals surface area (Å²) in [6, 6.07) is 1.48. The van der Waals surface area contributed by atoms with Crippen LogP contribution in [0.25, 0.3) is 0 Å². The van der Waals surface area contributed by atoms with Crippen LogP contribution in [0, 0.1) is 17.6 Å². The smallest absolute Gasteiger partial charge is 0.407 e. The Labute approximate surface area is 156 Å². The molecule has 9 heteroatoms. The second kappa shape index (κ2) is 10.3. The molecule has 0 aliphatic carbocycles. The van der Waals surface area contributed by atoms with Crippen molar-refractivity contribution in [1.82, 2.24) is 0 Å². The molecule has 0 spiro atoms. The van der Waals surface area contributed by atoms with Crippen LogP contribution in [0.15, 0.2) is 12.1 Å². The Kier molecular flexibility index (Phi) is 8.35. The Morgan fingerprint density at radius 1 is 1.00 bits per heavy atom. The van der Waals surface area contributed by atoms with Crippen molar-refractivity contribution in [2.75, 3.05) is 13.2 Å². The van der Waals surface area contributed by atoms with Gasteiger partial charge in [0, 0.05) is 19.1 Å². The van der Waals surface area contributed by atoms with Crippen molar-refractivity contribution >= 4 is 12.6 Å². The average Bonchev–Trinajstić information content (AvgIpc) is 2.61. The molecule has 1 aromatic rings. The van der Waals surface area contributed by atoms with E-state index in [4.69, 9.17) is 9.31 Å². The fourth-order valence-corrected chi connectivity index (χ4v) is 3.04. The molecule has 27 heavy (non-hydrogen) atoms. The van der Waals surface area contributed by atoms with Gasteiger partial charge in [-0.2, -0.15) is 0 Å². The molecule has 0 bridgehead atoms. The third-order valence-electron chi connectivity index (χ3n) is 4.44. The summed E-state index contributed by atoms with van der Waals surface area (Å²) in [6.07, 6.45) is 2.88. The summed E-state index contributed by atoms with van der Waals surface area (Å²) in [7, 11) is -1.00. The molecular formula is C18H24BF5O3. The SMILES string of the molecule is CCCCCCCCC1COB(c2cc(F)c(OC(F)(F)F)c(F)c2)OC1. The van der Waals surface area contributed by atoms with Gasteiger partial charge < -0.3 is 14.0 Å². The second-order valence-corrected chi connectivity index (χ2v) is 6.78. The maximum Gasteiger partial charge on any atom is 0.573 e. The lowest BCUT2D eigenvalue weighted by atomic mass is 9.77. The molecule has 0 N–H and O–H groups in total. The lowest BCUT2D eigenvalue weighted by molar-refractivity contribution is -0.276. The number of hydrogen-bond acceptors (Lipinski definition) is 3. The Balaban J connectivity index is 1.82. The van der Waals surface area contributed by atoms with Gasteiger partial charge in [-0.05, 0) is 24.0 Å². The number of rotatable bonds is 9. The summed E-state index contributed by atoms with van der Waals surface area (Å²) in [5.41, 5.74) is -0.0162. The number of benzene rings is 1. The zero-order chi connectivity index (χ0) is 19.9. The minimum absolute atomic E-state index is 0.0162. The predicted octanol–water partition coefficient (Wildman–Crippen LogP) is 4.97. The summed E-state index contributed by atoms with van der Waals surface area (Å²) < 4.78 is 78.5. The molecule has 0 amide bonds. The van der Waals surface area contributed by atoms with Crippen LogP contribution in [-0.2, 0) is 9.31 Å². The van der Waals surface area contributed by atoms with E-state index in [1.54, 1.807) is 0 Å². The second-order valence-electron chi connectivity index (χ2n) is 6.78. The molecule has 1 fully saturated rings. The first-order valence-electron chi connectivity index (χ1n) is 9.28. The maximum atomic E-state index is 13.8. The molecular weight excluding hydrogens is 370 g/mol. The van der Waals surface area contributed by atoms with Gasteiger partial charge in [-0.25, -0.2) is 8.78 Å². The van der Waals surface area contributed by atoms with Gasteiger partial charge in [-0.3, -0.25) is 0 Å². The summed E-state index contributed by atoms with van der Waals surface area (Å²) >= 11 is 0. The number of ether oxygens (including phenoxy) is 1. The Hall–Kier alpha value is -1.35. The average molecular weight is 394 g/mol. The Morgan fingerprint density at radius 2 is 1.56 bits per heavy atom. The van der Waals surface area contributed by atoms with E-state index < -0.39 is 30.9 Å². The van der Waals surface area contributed by atoms with Crippen LogP contribution in [0.5, 0.6) is 5.75 Å². The molecule has 0 unspecified atom stereocenters. The zero-order valence-electron chi connectivity index (χ0n) is 15.3. The minimum Gasteiger partial charge on any atom is -0.407 e. The van der Waals surface area contributed by atoms with Crippen molar-refractivity contribution in [1.29, 1.82) is 0 Å². The molecule has 0 aromatic heterocycles. The van der Waals surface area contributed by atoms with Crippen LogP contribution in [0.1, 0.15) is 51.9 Å². The van der Waals surface area contributed by atoms with Crippen LogP contribution in [-0.4, -0.2) is 26.7 Å². The standard InChI is InChI=1S/C18H24BF5O3/c1-2-3-4-5-6-7-8-13-11-25-19(26-12-13)14-9-15(20)17(16(21)10-14)27-18(22,23)24/h9-10,13H,2-8,11-12H2,1H3. The molecule has 3 nitrogen and oxygen atoms in total. The van der Waals surface area contributed by atoms with E-state index in [1.807, 2.05) is 0 Å². The molecule has 2 rings (SSSR count). The monoisotopic (exact) mass is 394 g/mol. The fourth-order valence-electron chi connectivity index (χ4n) is 3.04. The molecule has 0 radical (unpaired) electrons. The lowest BCUT2D eigenvalue weighted by Gasteiger charge is -2.27. The molecule has 1 aromatic carbocycles. The van der Waals surface area contributed by atoms with Gasteiger partial charge in [0.2, 0.25) is 5.75 Å². The summed E-state index contributed by atoms with van der Waals surface area (Å²) in [6.45, 7) is 2.93. The van der Waals surface area contributed by atoms with Crippen molar-refractivity contribution in [3.8, 4) is 5.75 Å². The third-order valence-corrected chi connectivity index (χ3v) is 4.44. The Morgan fingerprint density at radius 3 is 2.11 bits per heavy atom. The van der Waals surface area contributed by atoms with Crippen molar-refractivity contribution in [3.63, 3.8) is 0 Å². The first kappa shape index (κ1) is 21.9. The minimum atomic E-state index is -5.18. The molecule has 0 atom stereocenters. The van der Waals surface area contributed by atoms with Gasteiger partial charge in [-0.1, -0.05) is 45.4 Å². The largest absolute Gasteiger partial charge is 0.573 e. The first-order chi connectivity index (χ1) is 12.8. The van der Waals surface area contributed by atoms with Gasteiger partial charge >= 0.3 is 13.5 Å². The lowest BCUT2D eigenvalue weighted by Crippen LogP contribution is -2.44. The van der Waals surface area contributed by atoms with E-state index in [-0.39, 0.29) is 11.4 Å². The number of alkyl halides is 3. The van der Waals surface area contributed by atoms with E-state index in [0.29, 0.717) is 13.2 Å². The molecule has 0 saturated carbocycles. The van der Waals surface area contributed by atoms with Crippen LogP contribution in [0.2, 0.25) is 0 Å². The highest BCUT2D eigenvalue weighted by Crippen LogP contribution is 2.28. The summed E-state index contributed by atoms with van der Waals surface area (Å²) in [4.78, 5) is 0. The Bertz CT molecular complexity index is 566. The van der Waals surface area contributed by atoms with Gasteiger partial charge in [0.15, 0.2) is 11.6 Å². The highest BCUT2D eigenvalue weighted by Gasteiger charge is 2.36. The van der Waals surface area contributed by atoms with Gasteiger partial charge in [0.25, 0.3) is 0 Å². The normalized spacial score (nSPS) is 16.0. The highest BCUT2D eigenvalue weighted by molar-refractivity contribution is 6.61. The molecule has 1 saturated heterocycles. The number of halogens is 5. The summed E-state index contributed by atoms with van der Waals surface area (Å²) in [5.74, 6) is -4.19. The van der Waals surface area contributed by atoms with E-state index in [0.717, 1.165) is 31.4 Å². The third kappa shape index (κ3) is 7.29. The van der Waals surface area contributed by atoms with Crippen molar-refractivity contribution in [2.24, 2.45) is 5.92 Å². The quantitative estimate of drug-likeness (QED) is 0.336. The van der Waals surface area contributed by atoms with E-state index in [1.165, 1.54) is 25.7 Å². The first-order valence-corrected chi connectivity index (χ1v) is 9.28. The van der Waals surface area contributed by atoms with Gasteiger partial charge in [0.1, 0.15) is 0 Å². The van der Waals surface area contributed by atoms with Crippen LogP contribution >= 0.6 is 0 Å². The van der Waals surface area contributed by atoms with E-state index in [9.17, 15) is 22.0 Å². The van der Waals surface area contributed by atoms with Crippen molar-refractivity contribution in [3.05, 3.63) is 23.8 Å². The molecule has 152 valence electrons. The van der Waals surface area contributed by atoms with Crippen LogP contribution < -0.4 is 10.2 Å². The van der Waals surface area contributed by atoms with Crippen molar-refractivity contribution < 1.29 is 36.0 Å². The van der Waals surface area contributed by atoms with E-state index >= 15 is 0 Å². The number of unbranched alkanes of at least 4 members (excludes halogenated alkanes) is 5. The van der Waals surface area contributed by atoms with Crippen molar-refractivity contribution in [2.45, 2.75) is 58.2 Å². The van der Waals surface area contributed by atoms with Crippen LogP contribution in [0.3, 0.4) is 0 Å². The fraction of sp³-hybridized carbons (Fsp3) is 0.667. The maximum absolute atomic E-state index is 13.8. The zero-order valence-corrected chi connectivity index (χ0v) is 15.3. The molecule has 1 aliphatic rings. The highest BCUT2D eigenvalue weighted by atomic mass is 19.4. The van der Waals surface area contributed by atoms with Gasteiger partial charge in [0.05, 0.1) is 0 Å². The topological polar surface area (TPSA) is 27.7 Å². The van der Waals surface area contributed by atoms with Crippen LogP contribution in [0.4, 0.5) is 22.0 Å². The van der Waals surface area contributed by atoms with Gasteiger partial charge in [-0.15, -0.1) is 13.2 Å². The van der Waals surface area contributed by atoms with E-state index in [2.05, 4.69) is 11.7 Å². The molecule has 1 aliphatic heterocycles. The number of hydrogen-bond donors (Lipinski definition) is 0. The molecule has 1 heterocycles. The predicted molar refractivity (Wildman–Crippen MR) is 91.8 cm³/mol. The summed E-state index contributed by atoms with van der Waals surface area (Å²) in [5, 5.41) is 0.